The first-order valence-corrected chi connectivity index (χ1v) is 6.63. The number of aliphatic hydroxyl groups excluding tert-OH is 1. The molecule has 0 bridgehead atoms. The Labute approximate surface area is 122 Å². The quantitative estimate of drug-likeness (QED) is 0.911. The van der Waals surface area contributed by atoms with Crippen molar-refractivity contribution < 1.29 is 5.11 Å². The molecule has 3 N–H and O–H groups in total. The van der Waals surface area contributed by atoms with Crippen molar-refractivity contribution in [2.24, 2.45) is 5.73 Å². The van der Waals surface area contributed by atoms with E-state index in [4.69, 9.17) is 28.9 Å². The molecule has 19 heavy (non-hydrogen) atoms. The highest BCUT2D eigenvalue weighted by molar-refractivity contribution is 6.35. The van der Waals surface area contributed by atoms with Gasteiger partial charge in [-0.1, -0.05) is 35.3 Å². The van der Waals surface area contributed by atoms with E-state index >= 15 is 0 Å². The lowest BCUT2D eigenvalue weighted by Crippen LogP contribution is -2.21. The topological polar surface area (TPSA) is 59.1 Å². The van der Waals surface area contributed by atoms with Crippen molar-refractivity contribution in [3.05, 3.63) is 63.9 Å². The van der Waals surface area contributed by atoms with Gasteiger partial charge in [0.2, 0.25) is 0 Å². The van der Waals surface area contributed by atoms with E-state index in [-0.39, 0.29) is 12.5 Å². The smallest absolute Gasteiger partial charge is 0.0900 e. The summed E-state index contributed by atoms with van der Waals surface area (Å²) in [4.78, 5) is 4.23. The van der Waals surface area contributed by atoms with Crippen molar-refractivity contribution in [2.45, 2.75) is 12.0 Å². The van der Waals surface area contributed by atoms with Crippen molar-refractivity contribution in [1.82, 2.24) is 4.98 Å². The molecule has 2 unspecified atom stereocenters. The molecule has 0 aliphatic rings. The number of hydrogen-bond acceptors (Lipinski definition) is 3. The van der Waals surface area contributed by atoms with Gasteiger partial charge < -0.3 is 10.8 Å². The number of benzene rings is 1. The Kier molecular flexibility index (Phi) is 4.77. The van der Waals surface area contributed by atoms with E-state index in [0.717, 1.165) is 5.69 Å². The Morgan fingerprint density at radius 2 is 2.00 bits per heavy atom. The van der Waals surface area contributed by atoms with Crippen molar-refractivity contribution >= 4 is 23.2 Å². The molecule has 0 spiro atoms. The molecule has 1 aromatic carbocycles. The Morgan fingerprint density at radius 3 is 2.58 bits per heavy atom. The number of nitrogens with zero attached hydrogens (tertiary/aromatic N) is 1. The van der Waals surface area contributed by atoms with E-state index in [1.807, 2.05) is 18.2 Å². The third-order valence-corrected chi connectivity index (χ3v) is 3.55. The molecule has 0 radical (unpaired) electrons. The molecule has 100 valence electrons. The lowest BCUT2D eigenvalue weighted by molar-refractivity contribution is 0.146. The molecule has 0 saturated heterocycles. The van der Waals surface area contributed by atoms with Crippen LogP contribution in [-0.4, -0.2) is 16.6 Å². The number of aromatic nitrogens is 1. The van der Waals surface area contributed by atoms with E-state index in [0.29, 0.717) is 15.6 Å². The van der Waals surface area contributed by atoms with Crippen LogP contribution >= 0.6 is 23.2 Å². The fraction of sp³-hybridized carbons (Fsp3) is 0.214. The van der Waals surface area contributed by atoms with Gasteiger partial charge in [-0.2, -0.15) is 0 Å². The standard InChI is InChI=1S/C14H14Cl2N2O/c15-9-4-5-10(12(16)7-9)14(19)11(8-17)13-3-1-2-6-18-13/h1-7,11,14,19H,8,17H2. The van der Waals surface area contributed by atoms with Crippen molar-refractivity contribution in [3.63, 3.8) is 0 Å². The number of halogens is 2. The number of aliphatic hydroxyl groups is 1. The van der Waals surface area contributed by atoms with Crippen LogP contribution in [0.1, 0.15) is 23.3 Å². The van der Waals surface area contributed by atoms with Crippen LogP contribution in [0.3, 0.4) is 0 Å². The highest BCUT2D eigenvalue weighted by Crippen LogP contribution is 2.34. The number of hydrogen-bond donors (Lipinski definition) is 2. The molecule has 0 saturated carbocycles. The first-order valence-electron chi connectivity index (χ1n) is 5.87. The fourth-order valence-electron chi connectivity index (χ4n) is 1.96. The maximum atomic E-state index is 10.5. The summed E-state index contributed by atoms with van der Waals surface area (Å²) in [7, 11) is 0. The summed E-state index contributed by atoms with van der Waals surface area (Å²) in [5.74, 6) is -0.306. The van der Waals surface area contributed by atoms with Crippen LogP contribution in [0.15, 0.2) is 42.6 Å². The Hall–Kier alpha value is -1.13. The molecule has 1 heterocycles. The third kappa shape index (κ3) is 3.25. The predicted molar refractivity (Wildman–Crippen MR) is 77.5 cm³/mol. The first-order chi connectivity index (χ1) is 9.13. The van der Waals surface area contributed by atoms with E-state index < -0.39 is 6.10 Å². The highest BCUT2D eigenvalue weighted by Gasteiger charge is 2.24. The summed E-state index contributed by atoms with van der Waals surface area (Å²) >= 11 is 12.0. The van der Waals surface area contributed by atoms with Gasteiger partial charge in [0.05, 0.1) is 6.10 Å². The first kappa shape index (κ1) is 14.3. The van der Waals surface area contributed by atoms with E-state index in [1.54, 1.807) is 24.4 Å². The number of pyridine rings is 1. The van der Waals surface area contributed by atoms with Gasteiger partial charge in [0.15, 0.2) is 0 Å². The second-order valence-electron chi connectivity index (χ2n) is 4.21. The number of nitrogens with two attached hydrogens (primary N) is 1. The average Bonchev–Trinajstić information content (AvgIpc) is 2.40. The van der Waals surface area contributed by atoms with Crippen LogP contribution in [0.25, 0.3) is 0 Å². The van der Waals surface area contributed by atoms with E-state index in [2.05, 4.69) is 4.98 Å². The highest BCUT2D eigenvalue weighted by atomic mass is 35.5. The molecule has 3 nitrogen and oxygen atoms in total. The predicted octanol–water partition coefficient (Wildman–Crippen LogP) is 3.16. The van der Waals surface area contributed by atoms with Gasteiger partial charge >= 0.3 is 0 Å². The molecule has 2 atom stereocenters. The van der Waals surface area contributed by atoms with Gasteiger partial charge in [-0.3, -0.25) is 4.98 Å². The lowest BCUT2D eigenvalue weighted by Gasteiger charge is -2.22. The summed E-state index contributed by atoms with van der Waals surface area (Å²) < 4.78 is 0. The zero-order valence-corrected chi connectivity index (χ0v) is 11.6. The average molecular weight is 297 g/mol. The van der Waals surface area contributed by atoms with Crippen LogP contribution in [0.2, 0.25) is 10.0 Å². The molecule has 5 heteroatoms. The van der Waals surface area contributed by atoms with Crippen LogP contribution < -0.4 is 5.73 Å². The van der Waals surface area contributed by atoms with Crippen LogP contribution in [-0.2, 0) is 0 Å². The maximum Gasteiger partial charge on any atom is 0.0900 e. The largest absolute Gasteiger partial charge is 0.388 e. The summed E-state index contributed by atoms with van der Waals surface area (Å²) in [6.07, 6.45) is 0.860. The monoisotopic (exact) mass is 296 g/mol. The van der Waals surface area contributed by atoms with E-state index in [9.17, 15) is 5.11 Å². The van der Waals surface area contributed by atoms with Crippen molar-refractivity contribution in [3.8, 4) is 0 Å². The fourth-order valence-corrected chi connectivity index (χ4v) is 2.49. The Bertz CT molecular complexity index is 548. The lowest BCUT2D eigenvalue weighted by atomic mass is 9.92. The molecule has 2 aromatic rings. The van der Waals surface area contributed by atoms with E-state index in [1.165, 1.54) is 0 Å². The molecule has 2 rings (SSSR count). The minimum Gasteiger partial charge on any atom is -0.388 e. The third-order valence-electron chi connectivity index (χ3n) is 2.98. The molecule has 0 fully saturated rings. The molecular formula is C14H14Cl2N2O. The normalized spacial score (nSPS) is 14.1. The van der Waals surface area contributed by atoms with Gasteiger partial charge in [0.1, 0.15) is 0 Å². The van der Waals surface area contributed by atoms with Crippen LogP contribution in [0.5, 0.6) is 0 Å². The minimum absolute atomic E-state index is 0.275. The molecule has 0 aliphatic heterocycles. The second kappa shape index (κ2) is 6.35. The molecule has 0 amide bonds. The van der Waals surface area contributed by atoms with Gasteiger partial charge in [-0.15, -0.1) is 0 Å². The SMILES string of the molecule is NCC(c1ccccn1)C(O)c1ccc(Cl)cc1Cl. The van der Waals surface area contributed by atoms with Crippen molar-refractivity contribution in [1.29, 1.82) is 0 Å². The zero-order valence-electron chi connectivity index (χ0n) is 10.1. The summed E-state index contributed by atoms with van der Waals surface area (Å²) in [5.41, 5.74) is 7.10. The van der Waals surface area contributed by atoms with Crippen LogP contribution in [0, 0.1) is 0 Å². The van der Waals surface area contributed by atoms with Crippen LogP contribution in [0.4, 0.5) is 0 Å². The summed E-state index contributed by atoms with van der Waals surface area (Å²) in [5, 5.41) is 11.4. The van der Waals surface area contributed by atoms with Crippen molar-refractivity contribution in [2.75, 3.05) is 6.54 Å². The summed E-state index contributed by atoms with van der Waals surface area (Å²) in [6, 6.07) is 10.5. The molecular weight excluding hydrogens is 283 g/mol. The van der Waals surface area contributed by atoms with Gasteiger partial charge in [-0.05, 0) is 29.8 Å². The Morgan fingerprint density at radius 1 is 1.21 bits per heavy atom. The van der Waals surface area contributed by atoms with Gasteiger partial charge in [0.25, 0.3) is 0 Å². The second-order valence-corrected chi connectivity index (χ2v) is 5.05. The minimum atomic E-state index is -0.815. The van der Waals surface area contributed by atoms with Gasteiger partial charge in [-0.25, -0.2) is 0 Å². The molecule has 0 aliphatic carbocycles. The number of rotatable bonds is 4. The summed E-state index contributed by atoms with van der Waals surface area (Å²) in [6.45, 7) is 0.275. The zero-order chi connectivity index (χ0) is 13.8. The Balaban J connectivity index is 2.33. The maximum absolute atomic E-state index is 10.5. The van der Waals surface area contributed by atoms with Gasteiger partial charge in [0, 0.05) is 34.4 Å². The molecule has 1 aromatic heterocycles.